The molecule has 0 aliphatic rings. The molecule has 3 rings (SSSR count). The predicted octanol–water partition coefficient (Wildman–Crippen LogP) is 2.36. The minimum atomic E-state index is -0.982. The molecule has 0 saturated carbocycles. The van der Waals surface area contributed by atoms with E-state index in [0.717, 1.165) is 12.1 Å². The first-order chi connectivity index (χ1) is 12.4. The number of aryl methyl sites for hydroxylation is 2. The number of amides is 1. The zero-order valence-corrected chi connectivity index (χ0v) is 14.0. The molecule has 0 aliphatic heterocycles. The first kappa shape index (κ1) is 17.5. The fourth-order valence-electron chi connectivity index (χ4n) is 2.42. The van der Waals surface area contributed by atoms with E-state index < -0.39 is 23.1 Å². The minimum absolute atomic E-state index is 0.0896. The van der Waals surface area contributed by atoms with Crippen LogP contribution in [0, 0.1) is 18.6 Å². The van der Waals surface area contributed by atoms with Gasteiger partial charge < -0.3 is 5.32 Å². The minimum Gasteiger partial charge on any atom is -0.306 e. The maximum atomic E-state index is 13.8. The molecule has 0 bridgehead atoms. The van der Waals surface area contributed by atoms with Crippen LogP contribution in [0.4, 0.5) is 14.6 Å². The summed E-state index contributed by atoms with van der Waals surface area (Å²) in [5.74, 6) is -2.73. The molecule has 0 aliphatic carbocycles. The molecule has 26 heavy (non-hydrogen) atoms. The van der Waals surface area contributed by atoms with Crippen molar-refractivity contribution < 1.29 is 13.6 Å². The number of hydrogen-bond acceptors (Lipinski definition) is 4. The van der Waals surface area contributed by atoms with Crippen molar-refractivity contribution in [3.8, 4) is 5.95 Å². The van der Waals surface area contributed by atoms with Crippen LogP contribution < -0.4 is 10.9 Å². The molecule has 0 saturated heterocycles. The number of halogens is 2. The van der Waals surface area contributed by atoms with Crippen molar-refractivity contribution in [1.82, 2.24) is 19.7 Å². The average Bonchev–Trinajstić information content (AvgIpc) is 2.94. The second kappa shape index (κ2) is 6.87. The van der Waals surface area contributed by atoms with Gasteiger partial charge in [-0.2, -0.15) is 9.78 Å². The highest BCUT2D eigenvalue weighted by atomic mass is 19.1. The SMILES string of the molecule is CCc1cc(=O)[nH]c(-n2nc(C)cc2NC(=O)c2c(F)cccc2F)n1. The highest BCUT2D eigenvalue weighted by Crippen LogP contribution is 2.18. The second-order valence-corrected chi connectivity index (χ2v) is 5.55. The molecular formula is C17H15F2N5O2. The van der Waals surface area contributed by atoms with E-state index in [2.05, 4.69) is 20.4 Å². The van der Waals surface area contributed by atoms with Gasteiger partial charge in [0, 0.05) is 17.8 Å². The summed E-state index contributed by atoms with van der Waals surface area (Å²) in [7, 11) is 0. The van der Waals surface area contributed by atoms with Crippen LogP contribution in [0.5, 0.6) is 0 Å². The monoisotopic (exact) mass is 359 g/mol. The number of anilines is 1. The Balaban J connectivity index is 2.02. The van der Waals surface area contributed by atoms with Crippen LogP contribution in [0.15, 0.2) is 35.1 Å². The van der Waals surface area contributed by atoms with E-state index in [-0.39, 0.29) is 17.3 Å². The molecule has 0 spiro atoms. The maximum absolute atomic E-state index is 13.8. The zero-order valence-electron chi connectivity index (χ0n) is 14.0. The highest BCUT2D eigenvalue weighted by molar-refractivity contribution is 6.04. The summed E-state index contributed by atoms with van der Waals surface area (Å²) in [6.45, 7) is 3.50. The summed E-state index contributed by atoms with van der Waals surface area (Å²) in [6.07, 6.45) is 0.527. The lowest BCUT2D eigenvalue weighted by atomic mass is 10.2. The van der Waals surface area contributed by atoms with Gasteiger partial charge in [-0.3, -0.25) is 14.6 Å². The number of H-pyrrole nitrogens is 1. The summed E-state index contributed by atoms with van der Waals surface area (Å²) < 4.78 is 28.8. The van der Waals surface area contributed by atoms with E-state index in [1.165, 1.54) is 22.9 Å². The highest BCUT2D eigenvalue weighted by Gasteiger charge is 2.20. The molecule has 2 heterocycles. The fourth-order valence-corrected chi connectivity index (χ4v) is 2.42. The van der Waals surface area contributed by atoms with Crippen LogP contribution in [-0.2, 0) is 6.42 Å². The van der Waals surface area contributed by atoms with Crippen LogP contribution >= 0.6 is 0 Å². The number of rotatable bonds is 4. The number of carbonyl (C=O) groups is 1. The molecule has 2 N–H and O–H groups in total. The van der Waals surface area contributed by atoms with Gasteiger partial charge in [0.05, 0.1) is 5.69 Å². The third kappa shape index (κ3) is 3.37. The largest absolute Gasteiger partial charge is 0.306 e. The van der Waals surface area contributed by atoms with Crippen LogP contribution in [0.2, 0.25) is 0 Å². The van der Waals surface area contributed by atoms with Gasteiger partial charge in [-0.25, -0.2) is 13.8 Å². The second-order valence-electron chi connectivity index (χ2n) is 5.55. The number of carbonyl (C=O) groups excluding carboxylic acids is 1. The average molecular weight is 359 g/mol. The van der Waals surface area contributed by atoms with Crippen molar-refractivity contribution in [2.75, 3.05) is 5.32 Å². The van der Waals surface area contributed by atoms with E-state index in [9.17, 15) is 18.4 Å². The van der Waals surface area contributed by atoms with Crippen LogP contribution in [-0.4, -0.2) is 25.7 Å². The standard InChI is InChI=1S/C17H15F2N5O2/c1-3-10-8-14(25)22-17(20-10)24-13(7-9(2)23-24)21-16(26)15-11(18)5-4-6-12(15)19/h4-8H,3H2,1-2H3,(H,21,26)(H,20,22,25). The topological polar surface area (TPSA) is 92.7 Å². The number of nitrogens with zero attached hydrogens (tertiary/aromatic N) is 3. The van der Waals surface area contributed by atoms with Crippen LogP contribution in [0.1, 0.15) is 28.7 Å². The Morgan fingerprint density at radius 2 is 1.96 bits per heavy atom. The maximum Gasteiger partial charge on any atom is 0.262 e. The van der Waals surface area contributed by atoms with Gasteiger partial charge in [-0.15, -0.1) is 0 Å². The molecule has 1 aromatic carbocycles. The molecule has 0 radical (unpaired) electrons. The molecule has 0 unspecified atom stereocenters. The van der Waals surface area contributed by atoms with Gasteiger partial charge in [-0.1, -0.05) is 13.0 Å². The molecule has 9 heteroatoms. The van der Waals surface area contributed by atoms with E-state index in [0.29, 0.717) is 17.8 Å². The first-order valence-corrected chi connectivity index (χ1v) is 7.81. The van der Waals surface area contributed by atoms with E-state index in [4.69, 9.17) is 0 Å². The Hall–Kier alpha value is -3.36. The Morgan fingerprint density at radius 3 is 2.62 bits per heavy atom. The quantitative estimate of drug-likeness (QED) is 0.748. The van der Waals surface area contributed by atoms with Crippen LogP contribution in [0.25, 0.3) is 5.95 Å². The molecule has 2 aromatic heterocycles. The van der Waals surface area contributed by atoms with E-state index in [1.54, 1.807) is 6.92 Å². The summed E-state index contributed by atoms with van der Waals surface area (Å²) in [5, 5.41) is 6.58. The van der Waals surface area contributed by atoms with Crippen LogP contribution in [0.3, 0.4) is 0 Å². The van der Waals surface area contributed by atoms with E-state index >= 15 is 0 Å². The van der Waals surface area contributed by atoms with Gasteiger partial charge in [0.1, 0.15) is 23.0 Å². The third-order valence-corrected chi connectivity index (χ3v) is 3.61. The van der Waals surface area contributed by atoms with Crippen molar-refractivity contribution in [2.45, 2.75) is 20.3 Å². The molecule has 7 nitrogen and oxygen atoms in total. The van der Waals surface area contributed by atoms with Crippen molar-refractivity contribution >= 4 is 11.7 Å². The number of benzene rings is 1. The van der Waals surface area contributed by atoms with Gasteiger partial charge in [0.2, 0.25) is 5.95 Å². The van der Waals surface area contributed by atoms with E-state index in [1.807, 2.05) is 6.92 Å². The predicted molar refractivity (Wildman–Crippen MR) is 90.4 cm³/mol. The molecule has 0 atom stereocenters. The van der Waals surface area contributed by atoms with Crippen molar-refractivity contribution in [3.63, 3.8) is 0 Å². The summed E-state index contributed by atoms with van der Waals surface area (Å²) in [6, 6.07) is 6.00. The van der Waals surface area contributed by atoms with Crippen molar-refractivity contribution in [2.24, 2.45) is 0 Å². The first-order valence-electron chi connectivity index (χ1n) is 7.81. The molecule has 134 valence electrons. The third-order valence-electron chi connectivity index (χ3n) is 3.61. The van der Waals surface area contributed by atoms with Crippen molar-refractivity contribution in [3.05, 3.63) is 69.3 Å². The Labute approximate surface area is 146 Å². The Bertz CT molecular complexity index is 1020. The Kier molecular flexibility index (Phi) is 4.61. The number of aromatic amines is 1. The summed E-state index contributed by atoms with van der Waals surface area (Å²) >= 11 is 0. The Morgan fingerprint density at radius 1 is 1.27 bits per heavy atom. The van der Waals surface area contributed by atoms with Crippen molar-refractivity contribution in [1.29, 1.82) is 0 Å². The number of hydrogen-bond donors (Lipinski definition) is 2. The lowest BCUT2D eigenvalue weighted by Crippen LogP contribution is -2.20. The number of nitrogens with one attached hydrogen (secondary N) is 2. The van der Waals surface area contributed by atoms with Gasteiger partial charge in [-0.05, 0) is 25.5 Å². The van der Waals surface area contributed by atoms with Gasteiger partial charge in [0.15, 0.2) is 0 Å². The molecule has 1 amide bonds. The summed E-state index contributed by atoms with van der Waals surface area (Å²) in [5.41, 5.74) is -0.0349. The molecule has 0 fully saturated rings. The zero-order chi connectivity index (χ0) is 18.8. The number of aromatic nitrogens is 4. The van der Waals surface area contributed by atoms with Gasteiger partial charge >= 0.3 is 0 Å². The molecular weight excluding hydrogens is 344 g/mol. The molecule has 3 aromatic rings. The summed E-state index contributed by atoms with van der Waals surface area (Å²) in [4.78, 5) is 30.9. The smallest absolute Gasteiger partial charge is 0.262 e. The lowest BCUT2D eigenvalue weighted by molar-refractivity contribution is 0.101. The normalized spacial score (nSPS) is 10.8. The fraction of sp³-hybridized carbons (Fsp3) is 0.176. The lowest BCUT2D eigenvalue weighted by Gasteiger charge is -2.09. The van der Waals surface area contributed by atoms with Gasteiger partial charge in [0.25, 0.3) is 11.5 Å².